The lowest BCUT2D eigenvalue weighted by molar-refractivity contribution is 0.229. The Hall–Kier alpha value is -1.95. The van der Waals surface area contributed by atoms with E-state index in [9.17, 15) is 4.79 Å². The third-order valence-corrected chi connectivity index (χ3v) is 3.47. The van der Waals surface area contributed by atoms with Gasteiger partial charge in [0.25, 0.3) is 11.4 Å². The first kappa shape index (κ1) is 11.2. The van der Waals surface area contributed by atoms with Crippen LogP contribution in [-0.4, -0.2) is 14.7 Å². The van der Waals surface area contributed by atoms with Crippen LogP contribution in [0.3, 0.4) is 0 Å². The van der Waals surface area contributed by atoms with E-state index in [1.165, 1.54) is 4.57 Å². The van der Waals surface area contributed by atoms with Gasteiger partial charge in [-0.2, -0.15) is 4.98 Å². The van der Waals surface area contributed by atoms with Gasteiger partial charge in [0.15, 0.2) is 5.82 Å². The average molecular weight is 246 g/mol. The molecule has 1 aliphatic rings. The van der Waals surface area contributed by atoms with Gasteiger partial charge in [-0.3, -0.25) is 4.79 Å². The van der Waals surface area contributed by atoms with Crippen LogP contribution in [0, 0.1) is 0 Å². The molecule has 1 fully saturated rings. The molecule has 0 bridgehead atoms. The molecule has 2 aromatic heterocycles. The topological polar surface area (TPSA) is 86.9 Å². The van der Waals surface area contributed by atoms with Crippen LogP contribution >= 0.6 is 0 Å². The maximum Gasteiger partial charge on any atom is 0.263 e. The Morgan fingerprint density at radius 1 is 1.50 bits per heavy atom. The van der Waals surface area contributed by atoms with E-state index in [0.29, 0.717) is 11.4 Å². The highest BCUT2D eigenvalue weighted by Crippen LogP contribution is 2.37. The zero-order valence-electron chi connectivity index (χ0n) is 10.1. The number of aromatic nitrogens is 3. The molecule has 18 heavy (non-hydrogen) atoms. The second kappa shape index (κ2) is 3.78. The Kier molecular flexibility index (Phi) is 2.34. The Labute approximate surface area is 103 Å². The van der Waals surface area contributed by atoms with E-state index >= 15 is 0 Å². The van der Waals surface area contributed by atoms with Crippen LogP contribution in [-0.2, 0) is 12.6 Å². The van der Waals surface area contributed by atoms with Crippen molar-refractivity contribution in [2.45, 2.75) is 24.8 Å². The second-order valence-electron chi connectivity index (χ2n) is 4.77. The van der Waals surface area contributed by atoms with Gasteiger partial charge in [-0.15, -0.1) is 0 Å². The molecule has 2 heterocycles. The molecule has 6 nitrogen and oxygen atoms in total. The van der Waals surface area contributed by atoms with Crippen LogP contribution in [0.2, 0.25) is 0 Å². The first-order valence-electron chi connectivity index (χ1n) is 5.89. The fraction of sp³-hybridized carbons (Fsp3) is 0.417. The number of hydrogen-bond acceptors (Lipinski definition) is 5. The predicted molar refractivity (Wildman–Crippen MR) is 64.7 cm³/mol. The minimum atomic E-state index is -0.470. The van der Waals surface area contributed by atoms with Crippen LogP contribution in [0.4, 0.5) is 0 Å². The van der Waals surface area contributed by atoms with Crippen molar-refractivity contribution in [1.82, 2.24) is 14.7 Å². The van der Waals surface area contributed by atoms with E-state index in [4.69, 9.17) is 10.3 Å². The van der Waals surface area contributed by atoms with E-state index in [1.807, 2.05) is 0 Å². The Balaban J connectivity index is 2.03. The summed E-state index contributed by atoms with van der Waals surface area (Å²) in [5.74, 6) is 0.734. The van der Waals surface area contributed by atoms with Gasteiger partial charge in [0.05, 0.1) is 5.54 Å². The SMILES string of the molecule is Cn1cccc(-c2nc(C3(N)CCC3)no2)c1=O. The average Bonchev–Trinajstić information content (AvgIpc) is 2.79. The fourth-order valence-electron chi connectivity index (χ4n) is 2.08. The summed E-state index contributed by atoms with van der Waals surface area (Å²) < 4.78 is 6.63. The summed E-state index contributed by atoms with van der Waals surface area (Å²) in [6, 6.07) is 3.44. The van der Waals surface area contributed by atoms with Crippen molar-refractivity contribution in [3.63, 3.8) is 0 Å². The lowest BCUT2D eigenvalue weighted by atomic mass is 9.77. The molecule has 0 atom stereocenters. The molecule has 0 amide bonds. The lowest BCUT2D eigenvalue weighted by Crippen LogP contribution is -2.44. The van der Waals surface area contributed by atoms with Crippen molar-refractivity contribution in [2.75, 3.05) is 0 Å². The minimum Gasteiger partial charge on any atom is -0.334 e. The molecule has 94 valence electrons. The molecule has 0 saturated heterocycles. The number of hydrogen-bond donors (Lipinski definition) is 1. The zero-order valence-corrected chi connectivity index (χ0v) is 10.1. The highest BCUT2D eigenvalue weighted by molar-refractivity contribution is 5.50. The molecule has 6 heteroatoms. The van der Waals surface area contributed by atoms with Gasteiger partial charge in [-0.1, -0.05) is 5.16 Å². The summed E-state index contributed by atoms with van der Waals surface area (Å²) in [7, 11) is 1.68. The van der Waals surface area contributed by atoms with E-state index in [2.05, 4.69) is 10.1 Å². The number of pyridine rings is 1. The third-order valence-electron chi connectivity index (χ3n) is 3.47. The van der Waals surface area contributed by atoms with Crippen molar-refractivity contribution >= 4 is 0 Å². The smallest absolute Gasteiger partial charge is 0.263 e. The predicted octanol–water partition coefficient (Wildman–Crippen LogP) is 0.773. The molecule has 2 N–H and O–H groups in total. The van der Waals surface area contributed by atoms with E-state index in [0.717, 1.165) is 19.3 Å². The monoisotopic (exact) mass is 246 g/mol. The summed E-state index contributed by atoms with van der Waals surface area (Å²) in [6.45, 7) is 0. The van der Waals surface area contributed by atoms with Gasteiger partial charge in [-0.25, -0.2) is 0 Å². The molecule has 2 aromatic rings. The molecule has 0 unspecified atom stereocenters. The van der Waals surface area contributed by atoms with Crippen LogP contribution in [0.25, 0.3) is 11.5 Å². The number of nitrogens with two attached hydrogens (primary N) is 1. The van der Waals surface area contributed by atoms with Crippen molar-refractivity contribution in [2.24, 2.45) is 12.8 Å². The second-order valence-corrected chi connectivity index (χ2v) is 4.77. The first-order chi connectivity index (χ1) is 8.60. The summed E-state index contributed by atoms with van der Waals surface area (Å²) >= 11 is 0. The van der Waals surface area contributed by atoms with E-state index in [-0.39, 0.29) is 11.4 Å². The van der Waals surface area contributed by atoms with Gasteiger partial charge in [0, 0.05) is 13.2 Å². The van der Waals surface area contributed by atoms with Crippen LogP contribution in [0.15, 0.2) is 27.6 Å². The highest BCUT2D eigenvalue weighted by atomic mass is 16.5. The lowest BCUT2D eigenvalue weighted by Gasteiger charge is -2.34. The first-order valence-corrected chi connectivity index (χ1v) is 5.89. The highest BCUT2D eigenvalue weighted by Gasteiger charge is 2.39. The molecule has 0 aromatic carbocycles. The Bertz CT molecular complexity index is 640. The summed E-state index contributed by atoms with van der Waals surface area (Å²) in [6.07, 6.45) is 4.48. The van der Waals surface area contributed by atoms with E-state index < -0.39 is 5.54 Å². The molecule has 1 saturated carbocycles. The molecule has 0 spiro atoms. The van der Waals surface area contributed by atoms with Crippen molar-refractivity contribution in [1.29, 1.82) is 0 Å². The minimum absolute atomic E-state index is 0.160. The normalized spacial score (nSPS) is 17.4. The van der Waals surface area contributed by atoms with Gasteiger partial charge in [-0.05, 0) is 31.4 Å². The summed E-state index contributed by atoms with van der Waals surface area (Å²) in [4.78, 5) is 16.2. The number of rotatable bonds is 2. The van der Waals surface area contributed by atoms with Crippen molar-refractivity contribution in [3.05, 3.63) is 34.5 Å². The van der Waals surface area contributed by atoms with Gasteiger partial charge in [0.2, 0.25) is 0 Å². The third kappa shape index (κ3) is 1.57. The molecule has 0 aliphatic heterocycles. The number of nitrogens with zero attached hydrogens (tertiary/aromatic N) is 3. The standard InChI is InChI=1S/C12H14N4O2/c1-16-7-2-4-8(10(16)17)9-14-11(15-18-9)12(13)5-3-6-12/h2,4,7H,3,5-6,13H2,1H3. The largest absolute Gasteiger partial charge is 0.334 e. The van der Waals surface area contributed by atoms with Gasteiger partial charge < -0.3 is 14.8 Å². The Morgan fingerprint density at radius 2 is 2.28 bits per heavy atom. The summed E-state index contributed by atoms with van der Waals surface area (Å²) in [5, 5.41) is 3.90. The van der Waals surface area contributed by atoms with Crippen molar-refractivity contribution in [3.8, 4) is 11.5 Å². The fourth-order valence-corrected chi connectivity index (χ4v) is 2.08. The molecule has 0 radical (unpaired) electrons. The quantitative estimate of drug-likeness (QED) is 0.845. The van der Waals surface area contributed by atoms with Crippen LogP contribution in [0.5, 0.6) is 0 Å². The molecule has 1 aliphatic carbocycles. The van der Waals surface area contributed by atoms with Crippen LogP contribution in [0.1, 0.15) is 25.1 Å². The molecular formula is C12H14N4O2. The maximum absolute atomic E-state index is 11.9. The van der Waals surface area contributed by atoms with Gasteiger partial charge in [0.1, 0.15) is 5.56 Å². The zero-order chi connectivity index (χ0) is 12.8. The number of aryl methyl sites for hydroxylation is 1. The van der Waals surface area contributed by atoms with Gasteiger partial charge >= 0.3 is 0 Å². The maximum atomic E-state index is 11.9. The molecule has 3 rings (SSSR count). The van der Waals surface area contributed by atoms with E-state index in [1.54, 1.807) is 25.4 Å². The summed E-state index contributed by atoms with van der Waals surface area (Å²) in [5.41, 5.74) is 5.89. The Morgan fingerprint density at radius 3 is 2.94 bits per heavy atom. The van der Waals surface area contributed by atoms with Crippen LogP contribution < -0.4 is 11.3 Å². The molecular weight excluding hydrogens is 232 g/mol. The van der Waals surface area contributed by atoms with Crippen molar-refractivity contribution < 1.29 is 4.52 Å².